The molecule has 2 heterocycles. The maximum absolute atomic E-state index is 12.8. The largest absolute Gasteiger partial charge is 0.491 e. The van der Waals surface area contributed by atoms with Crippen molar-refractivity contribution >= 4 is 5.78 Å². The number of Topliss-reactive ketones (excluding diaryl/α,β-unsaturated/α-hetero) is 1. The van der Waals surface area contributed by atoms with Gasteiger partial charge in [0.15, 0.2) is 5.78 Å². The maximum atomic E-state index is 12.8. The fourth-order valence-electron chi connectivity index (χ4n) is 1.87. The first-order valence-corrected chi connectivity index (χ1v) is 6.82. The van der Waals surface area contributed by atoms with Gasteiger partial charge in [0.1, 0.15) is 23.9 Å². The third-order valence-corrected chi connectivity index (χ3v) is 2.90. The van der Waals surface area contributed by atoms with E-state index in [0.717, 1.165) is 6.20 Å². The molecule has 2 aromatic heterocycles. The lowest BCUT2D eigenvalue weighted by molar-refractivity contribution is 0.0986. The van der Waals surface area contributed by atoms with E-state index in [-0.39, 0.29) is 12.2 Å². The van der Waals surface area contributed by atoms with Crippen LogP contribution in [0.3, 0.4) is 0 Å². The molecule has 0 radical (unpaired) electrons. The predicted octanol–water partition coefficient (Wildman–Crippen LogP) is 2.37. The quantitative estimate of drug-likeness (QED) is 0.580. The standard InChI is InChI=1S/C16H17FN2O3/c1-11-7-14(22-6-5-21-2)9-15(19-11)16(20)8-13-4-3-12(17)10-18-13/h3-4,7,9-10H,5-6,8H2,1-2H3. The predicted molar refractivity (Wildman–Crippen MR) is 78.6 cm³/mol. The number of rotatable bonds is 7. The van der Waals surface area contributed by atoms with Gasteiger partial charge in [-0.15, -0.1) is 0 Å². The van der Waals surface area contributed by atoms with Crippen molar-refractivity contribution in [2.75, 3.05) is 20.3 Å². The van der Waals surface area contributed by atoms with Crippen LogP contribution in [0.2, 0.25) is 0 Å². The van der Waals surface area contributed by atoms with Gasteiger partial charge >= 0.3 is 0 Å². The minimum absolute atomic E-state index is 0.0637. The minimum Gasteiger partial charge on any atom is -0.491 e. The molecule has 5 nitrogen and oxygen atoms in total. The molecule has 0 N–H and O–H groups in total. The van der Waals surface area contributed by atoms with Crippen molar-refractivity contribution in [3.63, 3.8) is 0 Å². The van der Waals surface area contributed by atoms with Crippen LogP contribution in [0.25, 0.3) is 0 Å². The minimum atomic E-state index is -0.432. The van der Waals surface area contributed by atoms with Gasteiger partial charge in [-0.25, -0.2) is 9.37 Å². The Kier molecular flexibility index (Phi) is 5.55. The van der Waals surface area contributed by atoms with Crippen molar-refractivity contribution in [2.45, 2.75) is 13.3 Å². The molecule has 0 fully saturated rings. The third kappa shape index (κ3) is 4.60. The van der Waals surface area contributed by atoms with E-state index in [0.29, 0.717) is 36.0 Å². The van der Waals surface area contributed by atoms with Crippen LogP contribution < -0.4 is 4.74 Å². The number of aromatic nitrogens is 2. The van der Waals surface area contributed by atoms with Crippen LogP contribution in [0.5, 0.6) is 5.75 Å². The molecule has 0 amide bonds. The lowest BCUT2D eigenvalue weighted by Crippen LogP contribution is -2.10. The number of hydrogen-bond acceptors (Lipinski definition) is 5. The van der Waals surface area contributed by atoms with Crippen LogP contribution in [0.1, 0.15) is 21.9 Å². The second-order valence-corrected chi connectivity index (χ2v) is 4.74. The average molecular weight is 304 g/mol. The molecule has 0 aliphatic rings. The first kappa shape index (κ1) is 16.0. The fraction of sp³-hybridized carbons (Fsp3) is 0.312. The van der Waals surface area contributed by atoms with Crippen molar-refractivity contribution in [3.05, 3.63) is 53.4 Å². The van der Waals surface area contributed by atoms with E-state index in [4.69, 9.17) is 9.47 Å². The Labute approximate surface area is 128 Å². The Bertz CT molecular complexity index is 644. The first-order valence-electron chi connectivity index (χ1n) is 6.82. The van der Waals surface area contributed by atoms with Gasteiger partial charge in [-0.1, -0.05) is 0 Å². The highest BCUT2D eigenvalue weighted by atomic mass is 19.1. The molecule has 0 aliphatic heterocycles. The summed E-state index contributed by atoms with van der Waals surface area (Å²) >= 11 is 0. The molecule has 0 aliphatic carbocycles. The molecule has 2 aromatic rings. The van der Waals surface area contributed by atoms with Crippen LogP contribution in [-0.2, 0) is 11.2 Å². The number of carbonyl (C=O) groups excluding carboxylic acids is 1. The number of aryl methyl sites for hydroxylation is 1. The molecule has 2 rings (SSSR count). The normalized spacial score (nSPS) is 10.5. The molecule has 0 saturated heterocycles. The maximum Gasteiger partial charge on any atom is 0.187 e. The number of ketones is 1. The average Bonchev–Trinajstić information content (AvgIpc) is 2.49. The molecule has 0 aromatic carbocycles. The Hall–Kier alpha value is -2.34. The van der Waals surface area contributed by atoms with Crippen molar-refractivity contribution in [2.24, 2.45) is 0 Å². The van der Waals surface area contributed by atoms with Crippen LogP contribution in [0, 0.1) is 12.7 Å². The summed E-state index contributed by atoms with van der Waals surface area (Å²) in [4.78, 5) is 20.3. The number of methoxy groups -OCH3 is 1. The Balaban J connectivity index is 2.09. The van der Waals surface area contributed by atoms with E-state index in [1.54, 1.807) is 26.2 Å². The molecular formula is C16H17FN2O3. The Morgan fingerprint density at radius 3 is 2.77 bits per heavy atom. The summed E-state index contributed by atoms with van der Waals surface area (Å²) in [5.74, 6) is -0.0573. The Morgan fingerprint density at radius 2 is 2.09 bits per heavy atom. The SMILES string of the molecule is COCCOc1cc(C)nc(C(=O)Cc2ccc(F)cn2)c1. The van der Waals surface area contributed by atoms with E-state index >= 15 is 0 Å². The summed E-state index contributed by atoms with van der Waals surface area (Å²) in [5, 5.41) is 0. The molecule has 22 heavy (non-hydrogen) atoms. The highest BCUT2D eigenvalue weighted by Crippen LogP contribution is 2.15. The van der Waals surface area contributed by atoms with Gasteiger partial charge in [-0.3, -0.25) is 9.78 Å². The summed E-state index contributed by atoms with van der Waals surface area (Å²) in [6.45, 7) is 2.65. The number of ether oxygens (including phenoxy) is 2. The zero-order chi connectivity index (χ0) is 15.9. The second-order valence-electron chi connectivity index (χ2n) is 4.74. The molecule has 0 unspecified atom stereocenters. The van der Waals surface area contributed by atoms with Gasteiger partial charge in [-0.2, -0.15) is 0 Å². The van der Waals surface area contributed by atoms with Gasteiger partial charge < -0.3 is 9.47 Å². The van der Waals surface area contributed by atoms with E-state index in [1.807, 2.05) is 0 Å². The van der Waals surface area contributed by atoms with Gasteiger partial charge in [0.05, 0.1) is 19.2 Å². The molecule has 0 spiro atoms. The zero-order valence-corrected chi connectivity index (χ0v) is 12.5. The topological polar surface area (TPSA) is 61.3 Å². The molecular weight excluding hydrogens is 287 g/mol. The first-order chi connectivity index (χ1) is 10.6. The molecule has 0 saturated carbocycles. The summed E-state index contributed by atoms with van der Waals surface area (Å²) in [6.07, 6.45) is 1.15. The van der Waals surface area contributed by atoms with Gasteiger partial charge in [0.2, 0.25) is 0 Å². The summed E-state index contributed by atoms with van der Waals surface area (Å²) in [5.41, 5.74) is 1.49. The third-order valence-electron chi connectivity index (χ3n) is 2.90. The van der Waals surface area contributed by atoms with Crippen molar-refractivity contribution in [1.82, 2.24) is 9.97 Å². The van der Waals surface area contributed by atoms with Crippen LogP contribution in [0.15, 0.2) is 30.5 Å². The summed E-state index contributed by atoms with van der Waals surface area (Å²) < 4.78 is 23.2. The van der Waals surface area contributed by atoms with E-state index < -0.39 is 5.82 Å². The van der Waals surface area contributed by atoms with E-state index in [1.165, 1.54) is 12.1 Å². The lowest BCUT2D eigenvalue weighted by Gasteiger charge is -2.08. The molecule has 0 atom stereocenters. The van der Waals surface area contributed by atoms with Gasteiger partial charge in [0, 0.05) is 30.6 Å². The number of nitrogens with zero attached hydrogens (tertiary/aromatic N) is 2. The monoisotopic (exact) mass is 304 g/mol. The molecule has 116 valence electrons. The number of hydrogen-bond donors (Lipinski definition) is 0. The summed E-state index contributed by atoms with van der Waals surface area (Å²) in [6, 6.07) is 6.11. The highest BCUT2D eigenvalue weighted by molar-refractivity contribution is 5.95. The van der Waals surface area contributed by atoms with Crippen LogP contribution >= 0.6 is 0 Å². The zero-order valence-electron chi connectivity index (χ0n) is 12.5. The fourth-order valence-corrected chi connectivity index (χ4v) is 1.87. The molecule has 0 bridgehead atoms. The van der Waals surface area contributed by atoms with Gasteiger partial charge in [0.25, 0.3) is 0 Å². The Morgan fingerprint density at radius 1 is 1.27 bits per heavy atom. The van der Waals surface area contributed by atoms with Crippen LogP contribution in [0.4, 0.5) is 4.39 Å². The van der Waals surface area contributed by atoms with Crippen molar-refractivity contribution < 1.29 is 18.7 Å². The van der Waals surface area contributed by atoms with Crippen molar-refractivity contribution in [3.8, 4) is 5.75 Å². The number of pyridine rings is 2. The smallest absolute Gasteiger partial charge is 0.187 e. The van der Waals surface area contributed by atoms with E-state index in [2.05, 4.69) is 9.97 Å². The summed E-state index contributed by atoms with van der Waals surface area (Å²) in [7, 11) is 1.59. The number of carbonyl (C=O) groups is 1. The number of halogens is 1. The van der Waals surface area contributed by atoms with E-state index in [9.17, 15) is 9.18 Å². The van der Waals surface area contributed by atoms with Crippen LogP contribution in [-0.4, -0.2) is 36.1 Å². The lowest BCUT2D eigenvalue weighted by atomic mass is 10.1. The van der Waals surface area contributed by atoms with Crippen molar-refractivity contribution in [1.29, 1.82) is 0 Å². The molecule has 6 heteroatoms. The second kappa shape index (κ2) is 7.61. The van der Waals surface area contributed by atoms with Gasteiger partial charge in [-0.05, 0) is 19.1 Å². The highest BCUT2D eigenvalue weighted by Gasteiger charge is 2.12.